The minimum absolute atomic E-state index is 0.0458. The molecule has 2 aliphatic rings. The van der Waals surface area contributed by atoms with E-state index < -0.39 is 0 Å². The van der Waals surface area contributed by atoms with Crippen LogP contribution in [0.2, 0.25) is 5.02 Å². The monoisotopic (exact) mass is 500 g/mol. The molecule has 1 saturated heterocycles. The largest absolute Gasteiger partial charge is 0.491 e. The van der Waals surface area contributed by atoms with E-state index in [1.54, 1.807) is 0 Å². The van der Waals surface area contributed by atoms with Crippen LogP contribution in [0.3, 0.4) is 0 Å². The summed E-state index contributed by atoms with van der Waals surface area (Å²) < 4.78 is 6.06. The summed E-state index contributed by atoms with van der Waals surface area (Å²) in [6.45, 7) is 4.27. The van der Waals surface area contributed by atoms with E-state index >= 15 is 0 Å². The van der Waals surface area contributed by atoms with Gasteiger partial charge in [-0.15, -0.1) is 0 Å². The van der Waals surface area contributed by atoms with Crippen LogP contribution < -0.4 is 4.74 Å². The maximum absolute atomic E-state index is 13.8. The van der Waals surface area contributed by atoms with Crippen molar-refractivity contribution in [1.29, 1.82) is 0 Å². The van der Waals surface area contributed by atoms with Gasteiger partial charge >= 0.3 is 6.03 Å². The molecule has 1 atom stereocenters. The van der Waals surface area contributed by atoms with Crippen LogP contribution >= 0.6 is 11.6 Å². The van der Waals surface area contributed by atoms with E-state index in [1.165, 1.54) is 0 Å². The number of nitrogens with zero attached hydrogens (tertiary/aromatic N) is 3. The van der Waals surface area contributed by atoms with Crippen molar-refractivity contribution in [3.8, 4) is 16.9 Å². The number of benzene rings is 3. The average Bonchev–Trinajstić information content (AvgIpc) is 3.13. The Morgan fingerprint density at radius 2 is 1.92 bits per heavy atom. The summed E-state index contributed by atoms with van der Waals surface area (Å²) in [6, 6.07) is 20.5. The minimum Gasteiger partial charge on any atom is -0.491 e. The lowest BCUT2D eigenvalue weighted by Gasteiger charge is -2.39. The molecule has 1 unspecified atom stereocenters. The van der Waals surface area contributed by atoms with E-state index in [1.807, 2.05) is 47.1 Å². The van der Waals surface area contributed by atoms with Gasteiger partial charge in [0.1, 0.15) is 18.2 Å². The number of aromatic nitrogens is 2. The first-order valence-electron chi connectivity index (χ1n) is 12.6. The molecule has 184 valence electrons. The highest BCUT2D eigenvalue weighted by molar-refractivity contribution is 6.30. The molecule has 1 N–H and O–H groups in total. The Morgan fingerprint density at radius 1 is 1.06 bits per heavy atom. The van der Waals surface area contributed by atoms with Crippen LogP contribution in [0.15, 0.2) is 60.7 Å². The molecular weight excluding hydrogens is 472 g/mol. The number of fused-ring (bicyclic) bond motifs is 2. The summed E-state index contributed by atoms with van der Waals surface area (Å²) in [6.07, 6.45) is 3.08. The number of aromatic amines is 1. The molecule has 3 aromatic carbocycles. The quantitative estimate of drug-likeness (QED) is 0.332. The zero-order chi connectivity index (χ0) is 24.6. The predicted octanol–water partition coefficient (Wildman–Crippen LogP) is 6.73. The van der Waals surface area contributed by atoms with Gasteiger partial charge in [-0.05, 0) is 79.3 Å². The highest BCUT2D eigenvalue weighted by atomic mass is 35.5. The number of amides is 2. The van der Waals surface area contributed by atoms with E-state index in [0.29, 0.717) is 24.7 Å². The summed E-state index contributed by atoms with van der Waals surface area (Å²) in [4.78, 5) is 25.6. The normalized spacial score (nSPS) is 18.0. The summed E-state index contributed by atoms with van der Waals surface area (Å²) >= 11 is 6.28. The zero-order valence-corrected chi connectivity index (χ0v) is 21.1. The minimum atomic E-state index is 0.0458. The standard InChI is InChI=1S/C29H29ClN4O2/c1-19-31-25-10-8-21(17-26(25)32-19)20-9-11-28-23(15-20)18-33(13-14-36-28)29(35)34-12-3-2-7-27(34)22-5-4-6-24(30)16-22/h4-6,8-11,15-17,27H,2-3,7,12-14,18H2,1H3,(H,31,32). The second-order valence-electron chi connectivity index (χ2n) is 9.69. The maximum Gasteiger partial charge on any atom is 0.320 e. The fourth-order valence-corrected chi connectivity index (χ4v) is 5.66. The fourth-order valence-electron chi connectivity index (χ4n) is 5.46. The molecule has 0 aliphatic carbocycles. The van der Waals surface area contributed by atoms with Crippen LogP contribution in [0.25, 0.3) is 22.2 Å². The van der Waals surface area contributed by atoms with Gasteiger partial charge in [-0.2, -0.15) is 0 Å². The van der Waals surface area contributed by atoms with Gasteiger partial charge < -0.3 is 19.5 Å². The molecule has 6 nitrogen and oxygen atoms in total. The molecule has 0 radical (unpaired) electrons. The number of nitrogens with one attached hydrogen (secondary N) is 1. The number of rotatable bonds is 2. The highest BCUT2D eigenvalue weighted by Gasteiger charge is 2.32. The van der Waals surface area contributed by atoms with Gasteiger partial charge in [0.15, 0.2) is 0 Å². The molecule has 0 bridgehead atoms. The summed E-state index contributed by atoms with van der Waals surface area (Å²) in [5.74, 6) is 1.75. The van der Waals surface area contributed by atoms with Crippen molar-refractivity contribution in [1.82, 2.24) is 19.8 Å². The number of ether oxygens (including phenoxy) is 1. The van der Waals surface area contributed by atoms with E-state index in [4.69, 9.17) is 16.3 Å². The Labute approximate surface area is 215 Å². The van der Waals surface area contributed by atoms with Crippen molar-refractivity contribution in [2.24, 2.45) is 0 Å². The third kappa shape index (κ3) is 4.42. The molecule has 4 aromatic rings. The smallest absolute Gasteiger partial charge is 0.320 e. The number of urea groups is 1. The number of hydrogen-bond donors (Lipinski definition) is 1. The number of carbonyl (C=O) groups is 1. The molecule has 2 aliphatic heterocycles. The van der Waals surface area contributed by atoms with Gasteiger partial charge in [0.05, 0.1) is 30.2 Å². The van der Waals surface area contributed by atoms with Crippen LogP contribution in [0.4, 0.5) is 4.79 Å². The number of H-pyrrole nitrogens is 1. The third-order valence-electron chi connectivity index (χ3n) is 7.23. The van der Waals surface area contributed by atoms with Gasteiger partial charge in [-0.3, -0.25) is 0 Å². The maximum atomic E-state index is 13.8. The lowest BCUT2D eigenvalue weighted by molar-refractivity contribution is 0.110. The van der Waals surface area contributed by atoms with Gasteiger partial charge in [0.2, 0.25) is 0 Å². The van der Waals surface area contributed by atoms with Crippen LogP contribution in [0, 0.1) is 6.92 Å². The topological polar surface area (TPSA) is 61.5 Å². The summed E-state index contributed by atoms with van der Waals surface area (Å²) in [5.41, 5.74) is 6.31. The lowest BCUT2D eigenvalue weighted by Crippen LogP contribution is -2.47. The van der Waals surface area contributed by atoms with E-state index in [-0.39, 0.29) is 12.1 Å². The van der Waals surface area contributed by atoms with Crippen LogP contribution in [0.1, 0.15) is 42.3 Å². The van der Waals surface area contributed by atoms with Crippen LogP contribution in [0.5, 0.6) is 5.75 Å². The molecule has 36 heavy (non-hydrogen) atoms. The first-order valence-corrected chi connectivity index (χ1v) is 13.0. The second kappa shape index (κ2) is 9.51. The number of halogens is 1. The predicted molar refractivity (Wildman–Crippen MR) is 142 cm³/mol. The lowest BCUT2D eigenvalue weighted by atomic mass is 9.95. The average molecular weight is 501 g/mol. The molecule has 1 fully saturated rings. The van der Waals surface area contributed by atoms with Gasteiger partial charge in [-0.25, -0.2) is 9.78 Å². The molecule has 7 heteroatoms. The van der Waals surface area contributed by atoms with Gasteiger partial charge in [-0.1, -0.05) is 35.9 Å². The van der Waals surface area contributed by atoms with Crippen LogP contribution in [-0.4, -0.2) is 45.5 Å². The van der Waals surface area contributed by atoms with E-state index in [2.05, 4.69) is 40.3 Å². The third-order valence-corrected chi connectivity index (χ3v) is 7.46. The van der Waals surface area contributed by atoms with E-state index in [9.17, 15) is 4.79 Å². The molecule has 6 rings (SSSR count). The second-order valence-corrected chi connectivity index (χ2v) is 10.1. The number of hydrogen-bond acceptors (Lipinski definition) is 3. The number of imidazole rings is 1. The zero-order valence-electron chi connectivity index (χ0n) is 20.3. The van der Waals surface area contributed by atoms with Crippen molar-refractivity contribution in [3.05, 3.63) is 82.6 Å². The Bertz CT molecular complexity index is 1430. The Hall–Kier alpha value is -3.51. The Morgan fingerprint density at radius 3 is 2.81 bits per heavy atom. The fraction of sp³-hybridized carbons (Fsp3) is 0.310. The Kier molecular flexibility index (Phi) is 6.05. The molecule has 3 heterocycles. The molecule has 1 aromatic heterocycles. The van der Waals surface area contributed by atoms with Crippen molar-refractivity contribution in [2.75, 3.05) is 19.7 Å². The van der Waals surface area contributed by atoms with Crippen LogP contribution in [-0.2, 0) is 6.54 Å². The number of likely N-dealkylation sites (tertiary alicyclic amines) is 1. The van der Waals surface area contributed by atoms with Crippen molar-refractivity contribution in [2.45, 2.75) is 38.8 Å². The molecule has 2 amide bonds. The number of carbonyl (C=O) groups excluding carboxylic acids is 1. The SMILES string of the molecule is Cc1nc2ccc(-c3ccc4c(c3)CN(C(=O)N3CCCCC3c3cccc(Cl)c3)CCO4)cc2[nH]1. The highest BCUT2D eigenvalue weighted by Crippen LogP contribution is 2.35. The van der Waals surface area contributed by atoms with Crippen molar-refractivity contribution in [3.63, 3.8) is 0 Å². The summed E-state index contributed by atoms with van der Waals surface area (Å²) in [5, 5.41) is 0.707. The number of piperidine rings is 1. The molecule has 0 spiro atoms. The summed E-state index contributed by atoms with van der Waals surface area (Å²) in [7, 11) is 0. The molecule has 0 saturated carbocycles. The Balaban J connectivity index is 1.27. The van der Waals surface area contributed by atoms with E-state index in [0.717, 1.165) is 70.7 Å². The van der Waals surface area contributed by atoms with Gasteiger partial charge in [0.25, 0.3) is 0 Å². The first kappa shape index (κ1) is 22.9. The van der Waals surface area contributed by atoms with Crippen molar-refractivity contribution < 1.29 is 9.53 Å². The van der Waals surface area contributed by atoms with Gasteiger partial charge in [0, 0.05) is 17.1 Å². The van der Waals surface area contributed by atoms with Crippen molar-refractivity contribution >= 4 is 28.7 Å². The first-order chi connectivity index (χ1) is 17.5. The molecular formula is C29H29ClN4O2. The number of aryl methyl sites for hydroxylation is 1.